The van der Waals surface area contributed by atoms with E-state index in [2.05, 4.69) is 22.3 Å². The number of halogens is 2. The first-order valence-electron chi connectivity index (χ1n) is 10.8. The first-order valence-corrected chi connectivity index (χ1v) is 13.4. The maximum absolute atomic E-state index is 12.3. The standard InChI is InChI=1S/C23H29Cl2N3O4S/c1-33(30,31)28(20-8-9-21(24)22(25)15-20)10-2-3-23(29)26-16-18-4-6-19(7-5-18)17-27-11-13-32-14-12-27/h4-9,15H,2-3,10-14,16-17H2,1H3,(H,26,29). The van der Waals surface area contributed by atoms with Gasteiger partial charge >= 0.3 is 0 Å². The van der Waals surface area contributed by atoms with Gasteiger partial charge in [-0.25, -0.2) is 8.42 Å². The molecule has 0 unspecified atom stereocenters. The Kier molecular flexibility index (Phi) is 9.40. The highest BCUT2D eigenvalue weighted by atomic mass is 35.5. The Labute approximate surface area is 205 Å². The van der Waals surface area contributed by atoms with Crippen LogP contribution >= 0.6 is 23.2 Å². The van der Waals surface area contributed by atoms with E-state index in [1.54, 1.807) is 12.1 Å². The van der Waals surface area contributed by atoms with Crippen LogP contribution in [0.3, 0.4) is 0 Å². The summed E-state index contributed by atoms with van der Waals surface area (Å²) in [4.78, 5) is 14.6. The number of sulfonamides is 1. The number of hydrogen-bond donors (Lipinski definition) is 1. The first-order chi connectivity index (χ1) is 15.7. The normalized spacial score (nSPS) is 14.8. The number of nitrogens with zero attached hydrogens (tertiary/aromatic N) is 2. The number of hydrogen-bond acceptors (Lipinski definition) is 5. The highest BCUT2D eigenvalue weighted by Crippen LogP contribution is 2.28. The maximum atomic E-state index is 12.3. The molecule has 2 aromatic rings. The van der Waals surface area contributed by atoms with Crippen LogP contribution in [0.15, 0.2) is 42.5 Å². The predicted molar refractivity (Wildman–Crippen MR) is 132 cm³/mol. The van der Waals surface area contributed by atoms with Gasteiger partial charge in [0, 0.05) is 39.1 Å². The zero-order valence-electron chi connectivity index (χ0n) is 18.6. The molecule has 0 atom stereocenters. The summed E-state index contributed by atoms with van der Waals surface area (Å²) in [6.45, 7) is 4.93. The Hall–Kier alpha value is -1.84. The molecule has 10 heteroatoms. The molecule has 7 nitrogen and oxygen atoms in total. The molecule has 3 rings (SSSR count). The molecule has 1 aliphatic rings. The quantitative estimate of drug-likeness (QED) is 0.524. The molecule has 2 aromatic carbocycles. The van der Waals surface area contributed by atoms with Crippen molar-refractivity contribution in [1.82, 2.24) is 10.2 Å². The van der Waals surface area contributed by atoms with Crippen LogP contribution in [0.25, 0.3) is 0 Å². The second kappa shape index (κ2) is 12.0. The fourth-order valence-corrected chi connectivity index (χ4v) is 4.83. The molecule has 0 aliphatic carbocycles. The third-order valence-corrected chi connectivity index (χ3v) is 7.31. The number of anilines is 1. The summed E-state index contributed by atoms with van der Waals surface area (Å²) in [6, 6.07) is 12.9. The number of nitrogens with one attached hydrogen (secondary N) is 1. The molecule has 0 aromatic heterocycles. The van der Waals surface area contributed by atoms with Gasteiger partial charge in [-0.05, 0) is 35.7 Å². The number of carbonyl (C=O) groups excluding carboxylic acids is 1. The number of morpholine rings is 1. The lowest BCUT2D eigenvalue weighted by molar-refractivity contribution is -0.121. The number of benzene rings is 2. The van der Waals surface area contributed by atoms with Gasteiger partial charge in [-0.15, -0.1) is 0 Å². The highest BCUT2D eigenvalue weighted by Gasteiger charge is 2.18. The van der Waals surface area contributed by atoms with Crippen molar-refractivity contribution in [2.45, 2.75) is 25.9 Å². The van der Waals surface area contributed by atoms with E-state index in [4.69, 9.17) is 27.9 Å². The number of ether oxygens (including phenoxy) is 1. The molecule has 0 saturated carbocycles. The van der Waals surface area contributed by atoms with Crippen LogP contribution in [-0.2, 0) is 32.6 Å². The lowest BCUT2D eigenvalue weighted by atomic mass is 10.1. The van der Waals surface area contributed by atoms with Crippen molar-refractivity contribution in [2.24, 2.45) is 0 Å². The van der Waals surface area contributed by atoms with Crippen LogP contribution in [-0.4, -0.2) is 58.3 Å². The van der Waals surface area contributed by atoms with Crippen LogP contribution in [0.2, 0.25) is 10.0 Å². The van der Waals surface area contributed by atoms with E-state index >= 15 is 0 Å². The maximum Gasteiger partial charge on any atom is 0.232 e. The van der Waals surface area contributed by atoms with Gasteiger partial charge in [0.25, 0.3) is 0 Å². The molecule has 0 radical (unpaired) electrons. The summed E-state index contributed by atoms with van der Waals surface area (Å²) in [6.07, 6.45) is 1.71. The van der Waals surface area contributed by atoms with E-state index in [0.29, 0.717) is 23.7 Å². The topological polar surface area (TPSA) is 79.0 Å². The van der Waals surface area contributed by atoms with Gasteiger partial charge in [0.15, 0.2) is 0 Å². The predicted octanol–water partition coefficient (Wildman–Crippen LogP) is 3.69. The SMILES string of the molecule is CS(=O)(=O)N(CCCC(=O)NCc1ccc(CN2CCOCC2)cc1)c1ccc(Cl)c(Cl)c1. The Bertz CT molecular complexity index is 1040. The molecular formula is C23H29Cl2N3O4S. The Morgan fingerprint density at radius 2 is 1.73 bits per heavy atom. The minimum Gasteiger partial charge on any atom is -0.379 e. The summed E-state index contributed by atoms with van der Waals surface area (Å²) in [5, 5.41) is 3.52. The molecule has 180 valence electrons. The van der Waals surface area contributed by atoms with E-state index in [1.165, 1.54) is 15.9 Å². The molecule has 0 spiro atoms. The number of amides is 1. The molecule has 1 N–H and O–H groups in total. The van der Waals surface area contributed by atoms with Crippen molar-refractivity contribution in [3.63, 3.8) is 0 Å². The molecule has 33 heavy (non-hydrogen) atoms. The largest absolute Gasteiger partial charge is 0.379 e. The van der Waals surface area contributed by atoms with Crippen LogP contribution in [0, 0.1) is 0 Å². The van der Waals surface area contributed by atoms with Gasteiger partial charge in [-0.2, -0.15) is 0 Å². The fraction of sp³-hybridized carbons (Fsp3) is 0.435. The second-order valence-electron chi connectivity index (χ2n) is 8.02. The van der Waals surface area contributed by atoms with E-state index in [1.807, 2.05) is 12.1 Å². The zero-order valence-corrected chi connectivity index (χ0v) is 20.9. The average Bonchev–Trinajstić information content (AvgIpc) is 2.78. The lowest BCUT2D eigenvalue weighted by Crippen LogP contribution is -2.35. The van der Waals surface area contributed by atoms with Crippen LogP contribution in [0.1, 0.15) is 24.0 Å². The lowest BCUT2D eigenvalue weighted by Gasteiger charge is -2.26. The molecule has 1 amide bonds. The number of carbonyl (C=O) groups is 1. The summed E-state index contributed by atoms with van der Waals surface area (Å²) in [7, 11) is -3.53. The van der Waals surface area contributed by atoms with Crippen molar-refractivity contribution < 1.29 is 17.9 Å². The third kappa shape index (κ3) is 8.15. The van der Waals surface area contributed by atoms with Gasteiger partial charge < -0.3 is 10.1 Å². The first kappa shape index (κ1) is 25.8. The van der Waals surface area contributed by atoms with Gasteiger partial charge in [-0.3, -0.25) is 14.0 Å². The monoisotopic (exact) mass is 513 g/mol. The van der Waals surface area contributed by atoms with Crippen molar-refractivity contribution in [2.75, 3.05) is 43.4 Å². The highest BCUT2D eigenvalue weighted by molar-refractivity contribution is 7.92. The molecule has 1 saturated heterocycles. The van der Waals surface area contributed by atoms with Crippen molar-refractivity contribution in [1.29, 1.82) is 0 Å². The van der Waals surface area contributed by atoms with E-state index < -0.39 is 10.0 Å². The Morgan fingerprint density at radius 1 is 1.06 bits per heavy atom. The second-order valence-corrected chi connectivity index (χ2v) is 10.7. The minimum absolute atomic E-state index is 0.130. The summed E-state index contributed by atoms with van der Waals surface area (Å²) in [5.74, 6) is -0.130. The summed E-state index contributed by atoms with van der Waals surface area (Å²) < 4.78 is 31.0. The fourth-order valence-electron chi connectivity index (χ4n) is 3.58. The Balaban J connectivity index is 1.44. The van der Waals surface area contributed by atoms with Crippen molar-refractivity contribution in [3.05, 3.63) is 63.6 Å². The van der Waals surface area contributed by atoms with E-state index in [9.17, 15) is 13.2 Å². The summed E-state index contributed by atoms with van der Waals surface area (Å²) in [5.41, 5.74) is 2.67. The van der Waals surface area contributed by atoms with E-state index in [-0.39, 0.29) is 23.9 Å². The van der Waals surface area contributed by atoms with Crippen LogP contribution in [0.4, 0.5) is 5.69 Å². The summed E-state index contributed by atoms with van der Waals surface area (Å²) >= 11 is 11.9. The van der Waals surface area contributed by atoms with Gasteiger partial charge in [0.1, 0.15) is 0 Å². The van der Waals surface area contributed by atoms with Gasteiger partial charge in [0.05, 0.1) is 35.2 Å². The molecule has 1 aliphatic heterocycles. The van der Waals surface area contributed by atoms with Gasteiger partial charge in [-0.1, -0.05) is 47.5 Å². The van der Waals surface area contributed by atoms with Crippen LogP contribution < -0.4 is 9.62 Å². The third-order valence-electron chi connectivity index (χ3n) is 5.38. The average molecular weight is 514 g/mol. The Morgan fingerprint density at radius 3 is 2.36 bits per heavy atom. The van der Waals surface area contributed by atoms with Crippen LogP contribution in [0.5, 0.6) is 0 Å². The molecule has 0 bridgehead atoms. The minimum atomic E-state index is -3.53. The molecule has 1 heterocycles. The van der Waals surface area contributed by atoms with E-state index in [0.717, 1.165) is 44.7 Å². The molecule has 1 fully saturated rings. The van der Waals surface area contributed by atoms with Crippen molar-refractivity contribution in [3.8, 4) is 0 Å². The zero-order chi connectivity index (χ0) is 23.8. The molecular weight excluding hydrogens is 485 g/mol. The van der Waals surface area contributed by atoms with Crippen molar-refractivity contribution >= 4 is 44.8 Å². The van der Waals surface area contributed by atoms with Gasteiger partial charge in [0.2, 0.25) is 15.9 Å². The number of rotatable bonds is 10. The smallest absolute Gasteiger partial charge is 0.232 e.